The normalized spacial score (nSPS) is 12.2. The number of esters is 1. The lowest BCUT2D eigenvalue weighted by Gasteiger charge is -2.10. The van der Waals surface area contributed by atoms with Gasteiger partial charge in [0.15, 0.2) is 0 Å². The summed E-state index contributed by atoms with van der Waals surface area (Å²) >= 11 is 0. The van der Waals surface area contributed by atoms with E-state index in [4.69, 9.17) is 57.2 Å². The summed E-state index contributed by atoms with van der Waals surface area (Å²) in [6.07, 6.45) is 0.771. The van der Waals surface area contributed by atoms with Crippen molar-refractivity contribution in [3.8, 4) is 0 Å². The summed E-state index contributed by atoms with van der Waals surface area (Å²) in [5.74, 6) is -0.258. The Balaban J connectivity index is 3.07. The van der Waals surface area contributed by atoms with Crippen LogP contribution in [0.15, 0.2) is 0 Å². The number of carbonyl (C=O) groups is 1. The van der Waals surface area contributed by atoms with E-state index in [1.54, 1.807) is 0 Å². The van der Waals surface area contributed by atoms with Crippen LogP contribution >= 0.6 is 0 Å². The molecule has 40 heavy (non-hydrogen) atoms. The molecular formula is C27H54O13. The number of aliphatic hydroxyl groups is 1. The second kappa shape index (κ2) is 34.2. The van der Waals surface area contributed by atoms with Crippen LogP contribution < -0.4 is 0 Å². The highest BCUT2D eigenvalue weighted by Gasteiger charge is 2.11. The molecule has 13 heteroatoms. The average molecular weight is 587 g/mol. The third-order valence-electron chi connectivity index (χ3n) is 5.07. The molecule has 0 aliphatic rings. The van der Waals surface area contributed by atoms with E-state index in [2.05, 4.69) is 0 Å². The van der Waals surface area contributed by atoms with Gasteiger partial charge in [-0.05, 0) is 6.42 Å². The molecule has 0 spiro atoms. The van der Waals surface area contributed by atoms with Crippen molar-refractivity contribution < 1.29 is 62.0 Å². The molecule has 0 aromatic rings. The summed E-state index contributed by atoms with van der Waals surface area (Å²) in [5.41, 5.74) is 0. The number of ether oxygens (including phenoxy) is 11. The van der Waals surface area contributed by atoms with Gasteiger partial charge in [0.05, 0.1) is 145 Å². The second-order valence-electron chi connectivity index (χ2n) is 8.32. The van der Waals surface area contributed by atoms with Crippen molar-refractivity contribution in [3.05, 3.63) is 0 Å². The fourth-order valence-corrected chi connectivity index (χ4v) is 2.66. The van der Waals surface area contributed by atoms with E-state index in [0.29, 0.717) is 132 Å². The Morgan fingerprint density at radius 2 is 0.675 bits per heavy atom. The molecule has 0 fully saturated rings. The van der Waals surface area contributed by atoms with E-state index in [1.807, 2.05) is 13.8 Å². The largest absolute Gasteiger partial charge is 0.463 e. The Bertz CT molecular complexity index is 499. The molecule has 0 aliphatic heterocycles. The molecule has 0 bridgehead atoms. The molecule has 1 atom stereocenters. The lowest BCUT2D eigenvalue weighted by atomic mass is 10.1. The highest BCUT2D eigenvalue weighted by Crippen LogP contribution is 2.02. The molecule has 0 saturated carbocycles. The quantitative estimate of drug-likeness (QED) is 0.0838. The van der Waals surface area contributed by atoms with E-state index >= 15 is 0 Å². The van der Waals surface area contributed by atoms with Gasteiger partial charge in [0.25, 0.3) is 0 Å². The fraction of sp³-hybridized carbons (Fsp3) is 0.963. The molecule has 0 aromatic heterocycles. The average Bonchev–Trinajstić information content (AvgIpc) is 2.97. The Morgan fingerprint density at radius 1 is 0.450 bits per heavy atom. The lowest BCUT2D eigenvalue weighted by Crippen LogP contribution is -2.18. The SMILES string of the molecule is CCC(C)C(=O)OCCOCCOCCOCCOCCOCCOCCOCCOCCOCCOCCO. The van der Waals surface area contributed by atoms with Gasteiger partial charge >= 0.3 is 5.97 Å². The van der Waals surface area contributed by atoms with Crippen molar-refractivity contribution in [2.45, 2.75) is 20.3 Å². The summed E-state index contributed by atoms with van der Waals surface area (Å²) in [7, 11) is 0. The molecule has 13 nitrogen and oxygen atoms in total. The van der Waals surface area contributed by atoms with Crippen molar-refractivity contribution in [2.75, 3.05) is 145 Å². The number of hydrogen-bond donors (Lipinski definition) is 1. The van der Waals surface area contributed by atoms with Crippen molar-refractivity contribution in [1.29, 1.82) is 0 Å². The minimum Gasteiger partial charge on any atom is -0.463 e. The van der Waals surface area contributed by atoms with E-state index < -0.39 is 0 Å². The lowest BCUT2D eigenvalue weighted by molar-refractivity contribution is -0.149. The van der Waals surface area contributed by atoms with E-state index in [0.717, 1.165) is 6.42 Å². The van der Waals surface area contributed by atoms with Gasteiger partial charge in [-0.15, -0.1) is 0 Å². The molecule has 0 saturated heterocycles. The first-order valence-corrected chi connectivity index (χ1v) is 14.3. The van der Waals surface area contributed by atoms with Crippen molar-refractivity contribution in [2.24, 2.45) is 5.92 Å². The number of carbonyl (C=O) groups excluding carboxylic acids is 1. The summed E-state index contributed by atoms with van der Waals surface area (Å²) in [5, 5.41) is 8.56. The van der Waals surface area contributed by atoms with Crippen LogP contribution in [0.1, 0.15) is 20.3 Å². The van der Waals surface area contributed by atoms with Gasteiger partial charge in [0.1, 0.15) is 6.61 Å². The molecule has 0 amide bonds. The minimum atomic E-state index is -0.185. The molecule has 0 rings (SSSR count). The van der Waals surface area contributed by atoms with E-state index in [1.165, 1.54) is 0 Å². The van der Waals surface area contributed by atoms with Gasteiger partial charge in [0, 0.05) is 0 Å². The van der Waals surface area contributed by atoms with Gasteiger partial charge in [0.2, 0.25) is 0 Å². The fourth-order valence-electron chi connectivity index (χ4n) is 2.66. The molecule has 1 unspecified atom stereocenters. The van der Waals surface area contributed by atoms with Crippen LogP contribution in [0.5, 0.6) is 0 Å². The molecular weight excluding hydrogens is 532 g/mol. The van der Waals surface area contributed by atoms with Gasteiger partial charge in [-0.3, -0.25) is 4.79 Å². The first kappa shape index (κ1) is 39.0. The molecule has 0 aliphatic carbocycles. The summed E-state index contributed by atoms with van der Waals surface area (Å²) in [4.78, 5) is 11.5. The monoisotopic (exact) mass is 586 g/mol. The zero-order valence-corrected chi connectivity index (χ0v) is 24.7. The van der Waals surface area contributed by atoms with Crippen LogP contribution in [0.4, 0.5) is 0 Å². The van der Waals surface area contributed by atoms with Crippen LogP contribution in [0, 0.1) is 5.92 Å². The number of aliphatic hydroxyl groups excluding tert-OH is 1. The highest BCUT2D eigenvalue weighted by atomic mass is 16.6. The minimum absolute atomic E-state index is 0.0235. The van der Waals surface area contributed by atoms with Gasteiger partial charge in [-0.1, -0.05) is 13.8 Å². The summed E-state index contributed by atoms with van der Waals surface area (Å²) in [6, 6.07) is 0. The maximum absolute atomic E-state index is 11.5. The van der Waals surface area contributed by atoms with Crippen LogP contribution in [0.25, 0.3) is 0 Å². The maximum Gasteiger partial charge on any atom is 0.308 e. The van der Waals surface area contributed by atoms with Crippen LogP contribution in [-0.2, 0) is 56.9 Å². The predicted octanol–water partition coefficient (Wildman–Crippen LogP) is 0.734. The Labute approximate surface area is 239 Å². The van der Waals surface area contributed by atoms with E-state index in [9.17, 15) is 4.79 Å². The third-order valence-corrected chi connectivity index (χ3v) is 5.07. The van der Waals surface area contributed by atoms with Gasteiger partial charge in [-0.25, -0.2) is 0 Å². The third kappa shape index (κ3) is 31.6. The Kier molecular flexibility index (Phi) is 33.4. The zero-order chi connectivity index (χ0) is 29.2. The van der Waals surface area contributed by atoms with Crippen molar-refractivity contribution >= 4 is 5.97 Å². The van der Waals surface area contributed by atoms with Crippen LogP contribution in [0.2, 0.25) is 0 Å². The standard InChI is InChI=1S/C27H54O13/c1-3-26(2)27(29)40-25-24-39-23-22-38-21-20-37-19-18-36-17-16-35-15-14-34-13-12-33-11-10-32-9-8-31-7-6-30-5-4-28/h26,28H,3-25H2,1-2H3. The van der Waals surface area contributed by atoms with Gasteiger partial charge in [-0.2, -0.15) is 0 Å². The smallest absolute Gasteiger partial charge is 0.308 e. The van der Waals surface area contributed by atoms with Crippen molar-refractivity contribution in [1.82, 2.24) is 0 Å². The van der Waals surface area contributed by atoms with Crippen LogP contribution in [0.3, 0.4) is 0 Å². The second-order valence-corrected chi connectivity index (χ2v) is 8.32. The van der Waals surface area contributed by atoms with E-state index in [-0.39, 0.29) is 25.1 Å². The topological polar surface area (TPSA) is 139 Å². The molecule has 1 N–H and O–H groups in total. The van der Waals surface area contributed by atoms with Crippen LogP contribution in [-0.4, -0.2) is 156 Å². The predicted molar refractivity (Wildman–Crippen MR) is 146 cm³/mol. The molecule has 240 valence electrons. The highest BCUT2D eigenvalue weighted by molar-refractivity contribution is 5.71. The Morgan fingerprint density at radius 3 is 0.900 bits per heavy atom. The maximum atomic E-state index is 11.5. The first-order valence-electron chi connectivity index (χ1n) is 14.3. The molecule has 0 heterocycles. The number of rotatable bonds is 34. The Hall–Kier alpha value is -0.970. The van der Waals surface area contributed by atoms with Gasteiger partial charge < -0.3 is 57.2 Å². The molecule has 0 radical (unpaired) electrons. The summed E-state index contributed by atoms with van der Waals surface area (Å²) < 4.78 is 58.8. The summed E-state index contributed by atoms with van der Waals surface area (Å²) in [6.45, 7) is 13.6. The zero-order valence-electron chi connectivity index (χ0n) is 24.7. The number of hydrogen-bond acceptors (Lipinski definition) is 13. The van der Waals surface area contributed by atoms with Crippen molar-refractivity contribution in [3.63, 3.8) is 0 Å². The first-order chi connectivity index (χ1) is 19.7. The molecule has 0 aromatic carbocycles.